The Labute approximate surface area is 126 Å². The van der Waals surface area contributed by atoms with Crippen LogP contribution in [-0.2, 0) is 14.3 Å². The van der Waals surface area contributed by atoms with Crippen molar-refractivity contribution in [2.45, 2.75) is 39.8 Å². The predicted molar refractivity (Wildman–Crippen MR) is 82.9 cm³/mol. The summed E-state index contributed by atoms with van der Waals surface area (Å²) in [5.74, 6) is -0.254. The molecule has 0 saturated carbocycles. The monoisotopic (exact) mass is 292 g/mol. The summed E-state index contributed by atoms with van der Waals surface area (Å²) in [5, 5.41) is 6.03. The summed E-state index contributed by atoms with van der Waals surface area (Å²) in [4.78, 5) is 22.9. The third-order valence-electron chi connectivity index (χ3n) is 3.26. The van der Waals surface area contributed by atoms with Crippen molar-refractivity contribution < 1.29 is 14.3 Å². The number of anilines is 1. The normalized spacial score (nSPS) is 13.6. The van der Waals surface area contributed by atoms with E-state index in [2.05, 4.69) is 10.6 Å². The minimum absolute atomic E-state index is 0.0368. The summed E-state index contributed by atoms with van der Waals surface area (Å²) < 4.78 is 4.83. The lowest BCUT2D eigenvalue weighted by molar-refractivity contribution is -0.144. The van der Waals surface area contributed by atoms with Crippen molar-refractivity contribution in [3.63, 3.8) is 0 Å². The van der Waals surface area contributed by atoms with Crippen molar-refractivity contribution in [3.05, 3.63) is 29.8 Å². The van der Waals surface area contributed by atoms with Crippen LogP contribution in [0.2, 0.25) is 0 Å². The van der Waals surface area contributed by atoms with Crippen LogP contribution in [0.1, 0.15) is 39.3 Å². The van der Waals surface area contributed by atoms with Gasteiger partial charge in [-0.05, 0) is 30.5 Å². The van der Waals surface area contributed by atoms with Gasteiger partial charge in [-0.15, -0.1) is 0 Å². The van der Waals surface area contributed by atoms with Crippen LogP contribution in [0, 0.1) is 5.92 Å². The lowest BCUT2D eigenvalue weighted by atomic mass is 10.0. The highest BCUT2D eigenvalue weighted by Gasteiger charge is 2.24. The summed E-state index contributed by atoms with van der Waals surface area (Å²) in [6.07, 6.45) is 0. The van der Waals surface area contributed by atoms with E-state index in [4.69, 9.17) is 4.74 Å². The van der Waals surface area contributed by atoms with E-state index in [0.29, 0.717) is 0 Å². The van der Waals surface area contributed by atoms with Crippen LogP contribution in [0.5, 0.6) is 0 Å². The number of hydrogen-bond donors (Lipinski definition) is 2. The molecule has 0 aliphatic carbocycles. The molecule has 0 radical (unpaired) electrons. The molecule has 21 heavy (non-hydrogen) atoms. The standard InChI is InChI=1S/C16H24N2O3/c1-10(2)15(16(20)21-5)17-11(3)13-7-6-8-14(9-13)18-12(4)19/h6-11,15,17H,1-5H3,(H,18,19)/t11?,15-/m0/s1. The predicted octanol–water partition coefficient (Wildman–Crippen LogP) is 2.49. The summed E-state index contributed by atoms with van der Waals surface area (Å²) in [7, 11) is 1.39. The highest BCUT2D eigenvalue weighted by Crippen LogP contribution is 2.19. The van der Waals surface area contributed by atoms with Gasteiger partial charge in [0, 0.05) is 18.7 Å². The quantitative estimate of drug-likeness (QED) is 0.791. The van der Waals surface area contributed by atoms with Crippen LogP contribution < -0.4 is 10.6 Å². The van der Waals surface area contributed by atoms with Crippen LogP contribution in [0.3, 0.4) is 0 Å². The van der Waals surface area contributed by atoms with Gasteiger partial charge in [0.15, 0.2) is 0 Å². The van der Waals surface area contributed by atoms with Gasteiger partial charge in [-0.3, -0.25) is 14.9 Å². The molecule has 0 saturated heterocycles. The third-order valence-corrected chi connectivity index (χ3v) is 3.26. The molecule has 5 nitrogen and oxygen atoms in total. The van der Waals surface area contributed by atoms with E-state index >= 15 is 0 Å². The van der Waals surface area contributed by atoms with Crippen molar-refractivity contribution >= 4 is 17.6 Å². The maximum absolute atomic E-state index is 11.8. The van der Waals surface area contributed by atoms with Crippen molar-refractivity contribution in [1.29, 1.82) is 0 Å². The van der Waals surface area contributed by atoms with Crippen LogP contribution in [0.15, 0.2) is 24.3 Å². The van der Waals surface area contributed by atoms with Gasteiger partial charge < -0.3 is 10.1 Å². The lowest BCUT2D eigenvalue weighted by Crippen LogP contribution is -2.42. The number of ether oxygens (including phenoxy) is 1. The Balaban J connectivity index is 2.84. The summed E-state index contributed by atoms with van der Waals surface area (Å²) in [5.41, 5.74) is 1.74. The number of nitrogens with one attached hydrogen (secondary N) is 2. The fraction of sp³-hybridized carbons (Fsp3) is 0.500. The molecule has 0 bridgehead atoms. The van der Waals surface area contributed by atoms with E-state index in [1.807, 2.05) is 45.0 Å². The number of rotatable bonds is 6. The molecule has 5 heteroatoms. The fourth-order valence-corrected chi connectivity index (χ4v) is 2.11. The Morgan fingerprint density at radius 2 is 1.86 bits per heavy atom. The van der Waals surface area contributed by atoms with Crippen molar-refractivity contribution in [2.75, 3.05) is 12.4 Å². The minimum atomic E-state index is -0.366. The highest BCUT2D eigenvalue weighted by molar-refractivity contribution is 5.88. The van der Waals surface area contributed by atoms with Crippen molar-refractivity contribution in [1.82, 2.24) is 5.32 Å². The molecular formula is C16H24N2O3. The number of amides is 1. The molecule has 0 aliphatic rings. The van der Waals surface area contributed by atoms with Gasteiger partial charge in [0.1, 0.15) is 6.04 Å². The first kappa shape index (κ1) is 17.2. The van der Waals surface area contributed by atoms with Gasteiger partial charge in [-0.1, -0.05) is 26.0 Å². The molecule has 0 aromatic heterocycles. The van der Waals surface area contributed by atoms with Gasteiger partial charge in [0.2, 0.25) is 5.91 Å². The molecule has 1 unspecified atom stereocenters. The molecule has 1 amide bonds. The summed E-state index contributed by atoms with van der Waals surface area (Å²) in [6, 6.07) is 7.16. The maximum Gasteiger partial charge on any atom is 0.323 e. The van der Waals surface area contributed by atoms with Crippen LogP contribution in [0.4, 0.5) is 5.69 Å². The first-order valence-electron chi connectivity index (χ1n) is 7.06. The topological polar surface area (TPSA) is 67.4 Å². The van der Waals surface area contributed by atoms with E-state index in [0.717, 1.165) is 11.3 Å². The number of methoxy groups -OCH3 is 1. The molecular weight excluding hydrogens is 268 g/mol. The SMILES string of the molecule is COC(=O)[C@@H](NC(C)c1cccc(NC(C)=O)c1)C(C)C. The van der Waals surface area contributed by atoms with E-state index in [9.17, 15) is 9.59 Å². The second-order valence-corrected chi connectivity index (χ2v) is 5.44. The Hall–Kier alpha value is -1.88. The first-order chi connectivity index (χ1) is 9.85. The summed E-state index contributed by atoms with van der Waals surface area (Å²) >= 11 is 0. The number of carbonyl (C=O) groups is 2. The molecule has 0 aliphatic heterocycles. The van der Waals surface area contributed by atoms with E-state index in [1.165, 1.54) is 14.0 Å². The maximum atomic E-state index is 11.8. The Kier molecular flexibility index (Phi) is 6.37. The smallest absolute Gasteiger partial charge is 0.323 e. The molecule has 0 fully saturated rings. The third kappa shape index (κ3) is 5.19. The lowest BCUT2D eigenvalue weighted by Gasteiger charge is -2.24. The second kappa shape index (κ2) is 7.78. The molecule has 1 rings (SSSR count). The minimum Gasteiger partial charge on any atom is -0.468 e. The average molecular weight is 292 g/mol. The van der Waals surface area contributed by atoms with Gasteiger partial charge in [-0.2, -0.15) is 0 Å². The zero-order valence-corrected chi connectivity index (χ0v) is 13.3. The number of carbonyl (C=O) groups excluding carboxylic acids is 2. The molecule has 0 spiro atoms. The van der Waals surface area contributed by atoms with Crippen LogP contribution in [0.25, 0.3) is 0 Å². The fourth-order valence-electron chi connectivity index (χ4n) is 2.11. The second-order valence-electron chi connectivity index (χ2n) is 5.44. The average Bonchev–Trinajstić information content (AvgIpc) is 2.42. The van der Waals surface area contributed by atoms with Crippen molar-refractivity contribution in [2.24, 2.45) is 5.92 Å². The Morgan fingerprint density at radius 3 is 2.38 bits per heavy atom. The molecule has 1 aromatic rings. The van der Waals surface area contributed by atoms with E-state index < -0.39 is 0 Å². The highest BCUT2D eigenvalue weighted by atomic mass is 16.5. The summed E-state index contributed by atoms with van der Waals surface area (Å²) in [6.45, 7) is 7.38. The molecule has 116 valence electrons. The molecule has 0 heterocycles. The van der Waals surface area contributed by atoms with E-state index in [-0.39, 0.29) is 29.9 Å². The zero-order chi connectivity index (χ0) is 16.0. The molecule has 2 atom stereocenters. The van der Waals surface area contributed by atoms with Crippen molar-refractivity contribution in [3.8, 4) is 0 Å². The van der Waals surface area contributed by atoms with Gasteiger partial charge in [-0.25, -0.2) is 0 Å². The zero-order valence-electron chi connectivity index (χ0n) is 13.3. The first-order valence-corrected chi connectivity index (χ1v) is 7.06. The van der Waals surface area contributed by atoms with Gasteiger partial charge in [0.25, 0.3) is 0 Å². The van der Waals surface area contributed by atoms with Gasteiger partial charge in [0.05, 0.1) is 7.11 Å². The number of esters is 1. The molecule has 2 N–H and O–H groups in total. The number of hydrogen-bond acceptors (Lipinski definition) is 4. The van der Waals surface area contributed by atoms with E-state index in [1.54, 1.807) is 0 Å². The Bertz CT molecular complexity index is 500. The van der Waals surface area contributed by atoms with Crippen LogP contribution >= 0.6 is 0 Å². The largest absolute Gasteiger partial charge is 0.468 e. The van der Waals surface area contributed by atoms with Gasteiger partial charge >= 0.3 is 5.97 Å². The molecule has 1 aromatic carbocycles. The Morgan fingerprint density at radius 1 is 1.19 bits per heavy atom. The van der Waals surface area contributed by atoms with Crippen LogP contribution in [-0.4, -0.2) is 25.0 Å². The number of benzene rings is 1.